The van der Waals surface area contributed by atoms with Crippen molar-refractivity contribution in [3.63, 3.8) is 0 Å². The summed E-state index contributed by atoms with van der Waals surface area (Å²) in [7, 11) is -0.101. The molecular weight excluding hydrogens is 452 g/mol. The SMILES string of the molecule is COc1ccc2cccc(CCO)c2c1.COc1ccc2cccc(CCOS(C)(=O)=O)c2c1. The number of methoxy groups -OCH3 is 2. The first-order chi connectivity index (χ1) is 16.3. The number of rotatable bonds is 8. The number of ether oxygens (including phenoxy) is 2. The zero-order chi connectivity index (χ0) is 24.6. The molecule has 0 fully saturated rings. The number of benzene rings is 4. The van der Waals surface area contributed by atoms with E-state index in [9.17, 15) is 8.42 Å². The summed E-state index contributed by atoms with van der Waals surface area (Å²) in [5, 5.41) is 13.5. The molecule has 0 saturated carbocycles. The molecule has 6 nitrogen and oxygen atoms in total. The van der Waals surface area contributed by atoms with Gasteiger partial charge >= 0.3 is 0 Å². The fourth-order valence-electron chi connectivity index (χ4n) is 3.75. The molecule has 4 rings (SSSR count). The average molecular weight is 483 g/mol. The van der Waals surface area contributed by atoms with E-state index in [1.165, 1.54) is 5.39 Å². The van der Waals surface area contributed by atoms with Crippen LogP contribution in [0.25, 0.3) is 21.5 Å². The van der Waals surface area contributed by atoms with Gasteiger partial charge in [-0.15, -0.1) is 0 Å². The maximum atomic E-state index is 10.9. The first-order valence-corrected chi connectivity index (χ1v) is 12.7. The molecule has 0 radical (unpaired) electrons. The molecule has 4 aromatic rings. The minimum absolute atomic E-state index is 0.148. The quantitative estimate of drug-likeness (QED) is 0.365. The van der Waals surface area contributed by atoms with E-state index in [4.69, 9.17) is 18.8 Å². The molecule has 34 heavy (non-hydrogen) atoms. The fraction of sp³-hybridized carbons (Fsp3) is 0.259. The molecule has 0 atom stereocenters. The molecule has 0 saturated heterocycles. The molecule has 0 bridgehead atoms. The van der Waals surface area contributed by atoms with Crippen LogP contribution in [-0.4, -0.2) is 47.2 Å². The molecule has 0 aliphatic carbocycles. The largest absolute Gasteiger partial charge is 0.497 e. The number of hydrogen-bond donors (Lipinski definition) is 1. The van der Waals surface area contributed by atoms with E-state index in [-0.39, 0.29) is 13.2 Å². The maximum absolute atomic E-state index is 10.9. The van der Waals surface area contributed by atoms with Gasteiger partial charge in [0, 0.05) is 6.61 Å². The number of aliphatic hydroxyl groups is 1. The van der Waals surface area contributed by atoms with Gasteiger partial charge in [-0.05, 0) is 69.8 Å². The van der Waals surface area contributed by atoms with Gasteiger partial charge in [-0.2, -0.15) is 8.42 Å². The highest BCUT2D eigenvalue weighted by atomic mass is 32.2. The van der Waals surface area contributed by atoms with Crippen LogP contribution in [0.15, 0.2) is 72.8 Å². The Hall–Kier alpha value is -3.13. The van der Waals surface area contributed by atoms with Gasteiger partial charge in [0.1, 0.15) is 11.5 Å². The summed E-state index contributed by atoms with van der Waals surface area (Å²) in [6.07, 6.45) is 2.28. The van der Waals surface area contributed by atoms with Gasteiger partial charge in [-0.25, -0.2) is 0 Å². The Morgan fingerprint density at radius 2 is 1.24 bits per heavy atom. The average Bonchev–Trinajstić information content (AvgIpc) is 2.83. The zero-order valence-electron chi connectivity index (χ0n) is 19.7. The van der Waals surface area contributed by atoms with Gasteiger partial charge in [-0.3, -0.25) is 4.18 Å². The summed E-state index contributed by atoms with van der Waals surface area (Å²) < 4.78 is 37.1. The van der Waals surface area contributed by atoms with Crippen molar-refractivity contribution in [1.82, 2.24) is 0 Å². The number of aliphatic hydroxyl groups excluding tert-OH is 1. The molecule has 4 aromatic carbocycles. The van der Waals surface area contributed by atoms with Gasteiger partial charge in [0.25, 0.3) is 10.1 Å². The Balaban J connectivity index is 0.000000196. The Morgan fingerprint density at radius 3 is 1.68 bits per heavy atom. The van der Waals surface area contributed by atoms with Gasteiger partial charge < -0.3 is 14.6 Å². The normalized spacial score (nSPS) is 11.2. The highest BCUT2D eigenvalue weighted by Crippen LogP contribution is 2.25. The zero-order valence-corrected chi connectivity index (χ0v) is 20.5. The first kappa shape index (κ1) is 25.5. The maximum Gasteiger partial charge on any atom is 0.264 e. The van der Waals surface area contributed by atoms with Crippen LogP contribution in [0.3, 0.4) is 0 Å². The van der Waals surface area contributed by atoms with Crippen LogP contribution in [0.4, 0.5) is 0 Å². The van der Waals surface area contributed by atoms with Gasteiger partial charge in [0.05, 0.1) is 27.1 Å². The van der Waals surface area contributed by atoms with Crippen LogP contribution in [0.1, 0.15) is 11.1 Å². The number of fused-ring (bicyclic) bond motifs is 2. The van der Waals surface area contributed by atoms with E-state index in [1.54, 1.807) is 14.2 Å². The Kier molecular flexibility index (Phi) is 8.87. The Labute approximate surface area is 200 Å². The van der Waals surface area contributed by atoms with Crippen LogP contribution in [0, 0.1) is 0 Å². The van der Waals surface area contributed by atoms with E-state index < -0.39 is 10.1 Å². The molecule has 0 amide bonds. The summed E-state index contributed by atoms with van der Waals surface area (Å²) in [5.74, 6) is 1.64. The van der Waals surface area contributed by atoms with Crippen molar-refractivity contribution in [3.8, 4) is 11.5 Å². The van der Waals surface area contributed by atoms with Crippen molar-refractivity contribution in [1.29, 1.82) is 0 Å². The number of hydrogen-bond acceptors (Lipinski definition) is 6. The topological polar surface area (TPSA) is 82.1 Å². The highest BCUT2D eigenvalue weighted by Gasteiger charge is 2.06. The molecule has 0 heterocycles. The molecule has 180 valence electrons. The molecule has 0 spiro atoms. The lowest BCUT2D eigenvalue weighted by Crippen LogP contribution is -2.06. The summed E-state index contributed by atoms with van der Waals surface area (Å²) in [6.45, 7) is 0.325. The fourth-order valence-corrected chi connectivity index (χ4v) is 4.13. The monoisotopic (exact) mass is 482 g/mol. The minimum atomic E-state index is -3.39. The van der Waals surface area contributed by atoms with Gasteiger partial charge in [0.2, 0.25) is 0 Å². The van der Waals surface area contributed by atoms with Crippen molar-refractivity contribution in [2.75, 3.05) is 33.7 Å². The predicted molar refractivity (Wildman–Crippen MR) is 136 cm³/mol. The van der Waals surface area contributed by atoms with Crippen molar-refractivity contribution >= 4 is 31.7 Å². The van der Waals surface area contributed by atoms with Crippen LogP contribution < -0.4 is 9.47 Å². The van der Waals surface area contributed by atoms with Crippen molar-refractivity contribution in [3.05, 3.63) is 83.9 Å². The van der Waals surface area contributed by atoms with Gasteiger partial charge in [0.15, 0.2) is 0 Å². The molecule has 0 aliphatic heterocycles. The van der Waals surface area contributed by atoms with Crippen molar-refractivity contribution in [2.24, 2.45) is 0 Å². The molecule has 1 N–H and O–H groups in total. The summed E-state index contributed by atoms with van der Waals surface area (Å²) >= 11 is 0. The molecule has 0 aromatic heterocycles. The van der Waals surface area contributed by atoms with Crippen LogP contribution in [-0.2, 0) is 27.1 Å². The van der Waals surface area contributed by atoms with Crippen molar-refractivity contribution < 1.29 is 27.2 Å². The first-order valence-electron chi connectivity index (χ1n) is 10.9. The third kappa shape index (κ3) is 6.93. The second-order valence-electron chi connectivity index (χ2n) is 7.76. The van der Waals surface area contributed by atoms with Crippen LogP contribution >= 0.6 is 0 Å². The van der Waals surface area contributed by atoms with E-state index in [1.807, 2.05) is 66.7 Å². The lowest BCUT2D eigenvalue weighted by Gasteiger charge is -2.08. The molecular formula is C27H30O6S. The Morgan fingerprint density at radius 1 is 0.735 bits per heavy atom. The third-order valence-corrected chi connectivity index (χ3v) is 6.00. The third-order valence-electron chi connectivity index (χ3n) is 5.41. The van der Waals surface area contributed by atoms with E-state index in [0.29, 0.717) is 12.8 Å². The highest BCUT2D eigenvalue weighted by molar-refractivity contribution is 7.85. The van der Waals surface area contributed by atoms with E-state index >= 15 is 0 Å². The minimum Gasteiger partial charge on any atom is -0.497 e. The second kappa shape index (κ2) is 11.8. The standard InChI is InChI=1S/C14H16O4S.C13H14O2/c1-17-13-7-6-11-4-3-5-12(14(11)10-13)8-9-18-19(2,15)16;1-15-12-6-5-10-3-2-4-11(7-8-14)13(10)9-12/h3-7,10H,8-9H2,1-2H3;2-6,9,14H,7-8H2,1H3. The van der Waals surface area contributed by atoms with Crippen LogP contribution in [0.2, 0.25) is 0 Å². The smallest absolute Gasteiger partial charge is 0.264 e. The Bertz CT molecular complexity index is 1350. The molecule has 0 aliphatic rings. The summed E-state index contributed by atoms with van der Waals surface area (Å²) in [6, 6.07) is 23.9. The summed E-state index contributed by atoms with van der Waals surface area (Å²) in [5.41, 5.74) is 2.20. The molecule has 0 unspecified atom stereocenters. The molecule has 7 heteroatoms. The van der Waals surface area contributed by atoms with Crippen LogP contribution in [0.5, 0.6) is 11.5 Å². The van der Waals surface area contributed by atoms with Crippen molar-refractivity contribution in [2.45, 2.75) is 12.8 Å². The van der Waals surface area contributed by atoms with Gasteiger partial charge in [-0.1, -0.05) is 48.5 Å². The second-order valence-corrected chi connectivity index (χ2v) is 9.40. The lowest BCUT2D eigenvalue weighted by molar-refractivity contribution is 0.300. The van der Waals surface area contributed by atoms with E-state index in [2.05, 4.69) is 6.07 Å². The summed E-state index contributed by atoms with van der Waals surface area (Å²) in [4.78, 5) is 0. The predicted octanol–water partition coefficient (Wildman–Crippen LogP) is 4.75. The lowest BCUT2D eigenvalue weighted by atomic mass is 10.0. The van der Waals surface area contributed by atoms with E-state index in [0.717, 1.165) is 45.0 Å².